The van der Waals surface area contributed by atoms with Gasteiger partial charge in [0, 0.05) is 34.9 Å². The van der Waals surface area contributed by atoms with E-state index in [4.69, 9.17) is 21.3 Å². The Balaban J connectivity index is 1.88. The first-order chi connectivity index (χ1) is 18.5. The van der Waals surface area contributed by atoms with Gasteiger partial charge in [0.15, 0.2) is 5.65 Å². The van der Waals surface area contributed by atoms with Gasteiger partial charge in [0.1, 0.15) is 18.1 Å². The van der Waals surface area contributed by atoms with E-state index in [0.717, 1.165) is 23.2 Å². The minimum atomic E-state index is -0.353. The summed E-state index contributed by atoms with van der Waals surface area (Å²) in [4.78, 5) is 38.1. The number of fused-ring (bicyclic) bond motifs is 1. The van der Waals surface area contributed by atoms with E-state index in [2.05, 4.69) is 15.2 Å². The van der Waals surface area contributed by atoms with Crippen molar-refractivity contribution in [2.24, 2.45) is 0 Å². The molecule has 204 valence electrons. The van der Waals surface area contributed by atoms with Crippen LogP contribution in [0.3, 0.4) is 0 Å². The Morgan fingerprint density at radius 2 is 1.82 bits per heavy atom. The van der Waals surface area contributed by atoms with Gasteiger partial charge in [0.05, 0.1) is 11.5 Å². The molecule has 8 nitrogen and oxygen atoms in total. The fourth-order valence-electron chi connectivity index (χ4n) is 4.40. The van der Waals surface area contributed by atoms with E-state index in [-0.39, 0.29) is 30.2 Å². The number of carbonyl (C=O) groups is 1. The molecule has 0 bridgehead atoms. The third-order valence-electron chi connectivity index (χ3n) is 5.81. The number of ether oxygens (including phenoxy) is 1. The van der Waals surface area contributed by atoms with Crippen molar-refractivity contribution < 1.29 is 9.53 Å². The normalized spacial score (nSPS) is 11.5. The number of nitrogens with zero attached hydrogens (tertiary/aromatic N) is 4. The predicted octanol–water partition coefficient (Wildman–Crippen LogP) is 5.15. The Labute approximate surface area is 233 Å². The van der Waals surface area contributed by atoms with Crippen LogP contribution in [0.25, 0.3) is 33.5 Å². The van der Waals surface area contributed by atoms with Gasteiger partial charge in [-0.15, -0.1) is 0 Å². The van der Waals surface area contributed by atoms with Gasteiger partial charge < -0.3 is 15.0 Å². The molecule has 2 heterocycles. The molecule has 0 saturated carbocycles. The molecule has 2 aromatic carbocycles. The molecule has 0 unspecified atom stereocenters. The van der Waals surface area contributed by atoms with Crippen LogP contribution in [-0.2, 0) is 17.9 Å². The third-order valence-corrected chi connectivity index (χ3v) is 6.03. The molecular formula is C30H34ClN5O3. The number of halogens is 1. The van der Waals surface area contributed by atoms with E-state index in [1.165, 1.54) is 4.57 Å². The Bertz CT molecular complexity index is 1560. The second kappa shape index (κ2) is 12.0. The average Bonchev–Trinajstić information content (AvgIpc) is 2.84. The number of rotatable bonds is 9. The number of benzene rings is 2. The van der Waals surface area contributed by atoms with E-state index < -0.39 is 0 Å². The van der Waals surface area contributed by atoms with Crippen LogP contribution < -0.4 is 15.6 Å². The maximum atomic E-state index is 13.9. The predicted molar refractivity (Wildman–Crippen MR) is 156 cm³/mol. The Kier molecular flexibility index (Phi) is 8.67. The van der Waals surface area contributed by atoms with Crippen molar-refractivity contribution in [2.75, 3.05) is 14.1 Å². The minimum Gasteiger partial charge on any atom is -0.491 e. The summed E-state index contributed by atoms with van der Waals surface area (Å²) in [5, 5.41) is 3.78. The summed E-state index contributed by atoms with van der Waals surface area (Å²) < 4.78 is 7.25. The molecule has 0 aliphatic carbocycles. The summed E-state index contributed by atoms with van der Waals surface area (Å²) >= 11 is 6.42. The lowest BCUT2D eigenvalue weighted by Crippen LogP contribution is -2.37. The third kappa shape index (κ3) is 7.02. The van der Waals surface area contributed by atoms with E-state index >= 15 is 0 Å². The lowest BCUT2D eigenvalue weighted by atomic mass is 10.0. The van der Waals surface area contributed by atoms with Crippen LogP contribution in [0.15, 0.2) is 59.5 Å². The zero-order valence-electron chi connectivity index (χ0n) is 23.2. The van der Waals surface area contributed by atoms with Crippen molar-refractivity contribution in [3.8, 4) is 28.3 Å². The zero-order chi connectivity index (χ0) is 28.3. The number of amides is 1. The Hall–Kier alpha value is -3.75. The molecule has 0 radical (unpaired) electrons. The molecule has 1 amide bonds. The average molecular weight is 548 g/mol. The summed E-state index contributed by atoms with van der Waals surface area (Å²) in [5.74, 6) is 0.709. The molecule has 4 aromatic rings. The highest BCUT2D eigenvalue weighted by molar-refractivity contribution is 6.31. The first-order valence-electron chi connectivity index (χ1n) is 12.9. The summed E-state index contributed by atoms with van der Waals surface area (Å²) in [5.41, 5.74) is 3.22. The van der Waals surface area contributed by atoms with Crippen molar-refractivity contribution in [3.05, 3.63) is 75.7 Å². The second-order valence-electron chi connectivity index (χ2n) is 10.4. The van der Waals surface area contributed by atoms with E-state index in [0.29, 0.717) is 33.2 Å². The maximum absolute atomic E-state index is 13.9. The monoisotopic (exact) mass is 547 g/mol. The summed E-state index contributed by atoms with van der Waals surface area (Å²) in [6.07, 6.45) is 1.67. The van der Waals surface area contributed by atoms with Gasteiger partial charge in [-0.25, -0.2) is 9.97 Å². The molecule has 0 aliphatic rings. The summed E-state index contributed by atoms with van der Waals surface area (Å²) in [6.45, 7) is 8.17. The summed E-state index contributed by atoms with van der Waals surface area (Å²) in [7, 11) is 3.98. The lowest BCUT2D eigenvalue weighted by Gasteiger charge is -2.16. The molecule has 1 N–H and O–H groups in total. The number of aromatic nitrogens is 3. The summed E-state index contributed by atoms with van der Waals surface area (Å²) in [6, 6.07) is 14.8. The second-order valence-corrected chi connectivity index (χ2v) is 10.9. The van der Waals surface area contributed by atoms with E-state index in [1.807, 2.05) is 84.3 Å². The first kappa shape index (κ1) is 28.3. The van der Waals surface area contributed by atoms with Crippen molar-refractivity contribution in [3.63, 3.8) is 0 Å². The van der Waals surface area contributed by atoms with Gasteiger partial charge in [0.2, 0.25) is 5.91 Å². The quantitative estimate of drug-likeness (QED) is 0.312. The maximum Gasteiger partial charge on any atom is 0.263 e. The Morgan fingerprint density at radius 3 is 2.51 bits per heavy atom. The zero-order valence-corrected chi connectivity index (χ0v) is 23.9. The number of pyridine rings is 1. The van der Waals surface area contributed by atoms with Crippen LogP contribution in [0.4, 0.5) is 0 Å². The Morgan fingerprint density at radius 1 is 1.05 bits per heavy atom. The van der Waals surface area contributed by atoms with Crippen molar-refractivity contribution >= 4 is 28.5 Å². The van der Waals surface area contributed by atoms with Gasteiger partial charge in [0.25, 0.3) is 5.56 Å². The first-order valence-corrected chi connectivity index (χ1v) is 13.3. The van der Waals surface area contributed by atoms with Crippen LogP contribution in [0.1, 0.15) is 33.3 Å². The lowest BCUT2D eigenvalue weighted by molar-refractivity contribution is -0.122. The molecular weight excluding hydrogens is 514 g/mol. The molecule has 2 aromatic heterocycles. The van der Waals surface area contributed by atoms with Gasteiger partial charge in [-0.3, -0.25) is 14.2 Å². The molecule has 0 atom stereocenters. The highest BCUT2D eigenvalue weighted by Crippen LogP contribution is 2.28. The van der Waals surface area contributed by atoms with Gasteiger partial charge >= 0.3 is 0 Å². The van der Waals surface area contributed by atoms with Crippen LogP contribution in [0, 0.1) is 0 Å². The van der Waals surface area contributed by atoms with Crippen LogP contribution in [-0.4, -0.2) is 51.6 Å². The highest BCUT2D eigenvalue weighted by atomic mass is 35.5. The van der Waals surface area contributed by atoms with Crippen LogP contribution in [0.5, 0.6) is 5.75 Å². The van der Waals surface area contributed by atoms with E-state index in [1.54, 1.807) is 12.3 Å². The fraction of sp³-hybridized carbons (Fsp3) is 0.333. The molecule has 0 aliphatic heterocycles. The van der Waals surface area contributed by atoms with Crippen LogP contribution >= 0.6 is 11.6 Å². The molecule has 9 heteroatoms. The molecule has 0 fully saturated rings. The SMILES string of the molecule is CC(C)NC(=O)Cn1c(-c2cccc(OC(C)C)c2)nc2ncc(-c3cc(Cl)cc(CN(C)C)c3)cc2c1=O. The van der Waals surface area contributed by atoms with E-state index in [9.17, 15) is 9.59 Å². The largest absolute Gasteiger partial charge is 0.491 e. The molecule has 39 heavy (non-hydrogen) atoms. The smallest absolute Gasteiger partial charge is 0.263 e. The fourth-order valence-corrected chi connectivity index (χ4v) is 4.65. The number of carbonyl (C=O) groups excluding carboxylic acids is 1. The van der Waals surface area contributed by atoms with Gasteiger partial charge in [-0.1, -0.05) is 23.7 Å². The number of hydrogen-bond acceptors (Lipinski definition) is 6. The topological polar surface area (TPSA) is 89.3 Å². The number of nitrogens with one attached hydrogen (secondary N) is 1. The molecule has 0 spiro atoms. The van der Waals surface area contributed by atoms with Crippen molar-refractivity contribution in [1.82, 2.24) is 24.8 Å². The minimum absolute atomic E-state index is 0.0198. The number of hydrogen-bond donors (Lipinski definition) is 1. The van der Waals surface area contributed by atoms with Gasteiger partial charge in [-0.2, -0.15) is 0 Å². The molecule has 4 rings (SSSR count). The highest BCUT2D eigenvalue weighted by Gasteiger charge is 2.18. The standard InChI is InChI=1S/C30H34ClN5O3/c1-18(2)33-27(37)17-36-29(21-8-7-9-25(13-21)39-19(3)4)34-28-26(30(36)38)14-23(15-32-28)22-10-20(16-35(5)6)11-24(31)12-22/h7-15,18-19H,16-17H2,1-6H3,(H,33,37). The van der Waals surface area contributed by atoms with Crippen molar-refractivity contribution in [1.29, 1.82) is 0 Å². The van der Waals surface area contributed by atoms with Crippen molar-refractivity contribution in [2.45, 2.75) is 52.9 Å². The molecule has 0 saturated heterocycles. The van der Waals surface area contributed by atoms with Crippen LogP contribution in [0.2, 0.25) is 5.02 Å². The van der Waals surface area contributed by atoms with Gasteiger partial charge in [-0.05, 0) is 89.3 Å².